The Morgan fingerprint density at radius 1 is 0.769 bits per heavy atom. The zero-order valence-electron chi connectivity index (χ0n) is 15.6. The van der Waals surface area contributed by atoms with Crippen LogP contribution in [-0.2, 0) is 0 Å². The summed E-state index contributed by atoms with van der Waals surface area (Å²) in [4.78, 5) is 21.5. The molecule has 2 aromatic rings. The molecule has 0 unspecified atom stereocenters. The monoisotopic (exact) mass is 350 g/mol. The van der Waals surface area contributed by atoms with E-state index in [4.69, 9.17) is 0 Å². The molecule has 0 saturated carbocycles. The molecule has 0 spiro atoms. The van der Waals surface area contributed by atoms with Gasteiger partial charge in [0.25, 0.3) is 0 Å². The van der Waals surface area contributed by atoms with Crippen LogP contribution in [0.4, 0.5) is 21.9 Å². The molecule has 4 rings (SSSR count). The van der Waals surface area contributed by atoms with E-state index in [0.717, 1.165) is 50.6 Å². The van der Waals surface area contributed by atoms with Crippen molar-refractivity contribution in [3.05, 3.63) is 54.1 Å². The number of anilines is 3. The summed E-state index contributed by atoms with van der Waals surface area (Å²) in [5, 5.41) is 0. The van der Waals surface area contributed by atoms with Gasteiger partial charge in [-0.15, -0.1) is 0 Å². The van der Waals surface area contributed by atoms with Gasteiger partial charge >= 0.3 is 6.03 Å². The lowest BCUT2D eigenvalue weighted by molar-refractivity contribution is 0.256. The Kier molecular flexibility index (Phi) is 4.55. The lowest BCUT2D eigenvalue weighted by Gasteiger charge is -2.35. The third-order valence-corrected chi connectivity index (χ3v) is 5.43. The third kappa shape index (κ3) is 3.15. The number of hydrogen-bond donors (Lipinski definition) is 0. The van der Waals surface area contributed by atoms with Crippen LogP contribution in [0, 0.1) is 6.92 Å². The Labute approximate surface area is 155 Å². The fourth-order valence-corrected chi connectivity index (χ4v) is 3.78. The Bertz CT molecular complexity index is 784. The van der Waals surface area contributed by atoms with Gasteiger partial charge in [0.05, 0.1) is 0 Å². The number of carbonyl (C=O) groups is 1. The van der Waals surface area contributed by atoms with Gasteiger partial charge in [-0.25, -0.2) is 4.79 Å². The van der Waals surface area contributed by atoms with E-state index < -0.39 is 0 Å². The van der Waals surface area contributed by atoms with Gasteiger partial charge in [-0.2, -0.15) is 0 Å². The highest BCUT2D eigenvalue weighted by Crippen LogP contribution is 2.30. The van der Waals surface area contributed by atoms with Crippen molar-refractivity contribution in [1.82, 2.24) is 4.90 Å². The zero-order chi connectivity index (χ0) is 18.1. The minimum Gasteiger partial charge on any atom is -0.369 e. The van der Waals surface area contributed by atoms with Crippen LogP contribution in [-0.4, -0.2) is 57.2 Å². The SMILES string of the molecule is Cc1ccc(N2CCN(c3ccccc3)C2=O)cc1N1CCN(C)CC1. The number of urea groups is 1. The molecule has 2 aliphatic rings. The normalized spacial score (nSPS) is 18.7. The number of likely N-dealkylation sites (N-methyl/N-ethyl adjacent to an activating group) is 1. The van der Waals surface area contributed by atoms with E-state index in [1.54, 1.807) is 0 Å². The molecule has 0 radical (unpaired) electrons. The number of benzene rings is 2. The second-order valence-corrected chi connectivity index (χ2v) is 7.18. The van der Waals surface area contributed by atoms with Crippen LogP contribution in [0.1, 0.15) is 5.56 Å². The molecule has 0 aromatic heterocycles. The van der Waals surface area contributed by atoms with Crippen LogP contribution in [0.5, 0.6) is 0 Å². The summed E-state index contributed by atoms with van der Waals surface area (Å²) in [7, 11) is 2.17. The number of amides is 2. The van der Waals surface area contributed by atoms with Crippen molar-refractivity contribution in [3.8, 4) is 0 Å². The van der Waals surface area contributed by atoms with Crippen molar-refractivity contribution < 1.29 is 4.79 Å². The molecule has 2 aromatic carbocycles. The molecule has 0 N–H and O–H groups in total. The molecule has 0 bridgehead atoms. The van der Waals surface area contributed by atoms with E-state index in [1.165, 1.54) is 11.3 Å². The van der Waals surface area contributed by atoms with Crippen molar-refractivity contribution in [2.24, 2.45) is 0 Å². The summed E-state index contributed by atoms with van der Waals surface area (Å²) >= 11 is 0. The van der Waals surface area contributed by atoms with Crippen LogP contribution < -0.4 is 14.7 Å². The maximum atomic E-state index is 13.0. The summed E-state index contributed by atoms with van der Waals surface area (Å²) in [5.74, 6) is 0. The first-order valence-corrected chi connectivity index (χ1v) is 9.32. The minimum absolute atomic E-state index is 0.0596. The number of hydrogen-bond acceptors (Lipinski definition) is 3. The molecule has 2 aliphatic heterocycles. The molecule has 0 atom stereocenters. The molecular formula is C21H26N4O. The third-order valence-electron chi connectivity index (χ3n) is 5.43. The summed E-state index contributed by atoms with van der Waals surface area (Å²) in [5.41, 5.74) is 4.48. The van der Waals surface area contributed by atoms with E-state index in [0.29, 0.717) is 0 Å². The first kappa shape index (κ1) is 16.9. The van der Waals surface area contributed by atoms with Crippen molar-refractivity contribution in [2.75, 3.05) is 61.0 Å². The van der Waals surface area contributed by atoms with Crippen molar-refractivity contribution in [1.29, 1.82) is 0 Å². The smallest absolute Gasteiger partial charge is 0.329 e. The Morgan fingerprint density at radius 3 is 2.12 bits per heavy atom. The molecule has 2 heterocycles. The number of aryl methyl sites for hydroxylation is 1. The molecule has 0 aliphatic carbocycles. The van der Waals surface area contributed by atoms with E-state index in [1.807, 2.05) is 40.1 Å². The minimum atomic E-state index is 0.0596. The highest BCUT2D eigenvalue weighted by Gasteiger charge is 2.31. The zero-order valence-corrected chi connectivity index (χ0v) is 15.6. The number of para-hydroxylation sites is 1. The Morgan fingerprint density at radius 2 is 1.42 bits per heavy atom. The average Bonchev–Trinajstić information content (AvgIpc) is 3.05. The van der Waals surface area contributed by atoms with Crippen molar-refractivity contribution in [2.45, 2.75) is 6.92 Å². The number of nitrogens with zero attached hydrogens (tertiary/aromatic N) is 4. The molecule has 26 heavy (non-hydrogen) atoms. The summed E-state index contributed by atoms with van der Waals surface area (Å²) in [6.45, 7) is 7.82. The van der Waals surface area contributed by atoms with Gasteiger partial charge in [0.1, 0.15) is 0 Å². The predicted octanol–water partition coefficient (Wildman–Crippen LogP) is 3.19. The van der Waals surface area contributed by atoms with E-state index in [9.17, 15) is 4.79 Å². The predicted molar refractivity (Wildman–Crippen MR) is 107 cm³/mol. The van der Waals surface area contributed by atoms with Crippen LogP contribution >= 0.6 is 0 Å². The second-order valence-electron chi connectivity index (χ2n) is 7.18. The number of carbonyl (C=O) groups excluding carboxylic acids is 1. The van der Waals surface area contributed by atoms with Gasteiger partial charge in [0.2, 0.25) is 0 Å². The second kappa shape index (κ2) is 7.00. The molecule has 2 amide bonds. The largest absolute Gasteiger partial charge is 0.369 e. The van der Waals surface area contributed by atoms with E-state index in [-0.39, 0.29) is 6.03 Å². The molecule has 2 saturated heterocycles. The van der Waals surface area contributed by atoms with Gasteiger partial charge in [0, 0.05) is 56.3 Å². The first-order chi connectivity index (χ1) is 12.6. The fourth-order valence-electron chi connectivity index (χ4n) is 3.78. The highest BCUT2D eigenvalue weighted by atomic mass is 16.2. The molecule has 2 fully saturated rings. The Balaban J connectivity index is 1.57. The molecule has 136 valence electrons. The van der Waals surface area contributed by atoms with E-state index >= 15 is 0 Å². The lowest BCUT2D eigenvalue weighted by Crippen LogP contribution is -2.44. The Hall–Kier alpha value is -2.53. The highest BCUT2D eigenvalue weighted by molar-refractivity contribution is 6.06. The molecular weight excluding hydrogens is 324 g/mol. The van der Waals surface area contributed by atoms with Gasteiger partial charge < -0.3 is 9.80 Å². The summed E-state index contributed by atoms with van der Waals surface area (Å²) in [6.07, 6.45) is 0. The van der Waals surface area contributed by atoms with Crippen molar-refractivity contribution in [3.63, 3.8) is 0 Å². The maximum Gasteiger partial charge on any atom is 0.329 e. The van der Waals surface area contributed by atoms with Gasteiger partial charge in [-0.3, -0.25) is 9.80 Å². The van der Waals surface area contributed by atoms with Crippen molar-refractivity contribution >= 4 is 23.1 Å². The van der Waals surface area contributed by atoms with E-state index in [2.05, 4.69) is 42.0 Å². The van der Waals surface area contributed by atoms with Crippen LogP contribution in [0.25, 0.3) is 0 Å². The van der Waals surface area contributed by atoms with Crippen LogP contribution in [0.2, 0.25) is 0 Å². The topological polar surface area (TPSA) is 30.0 Å². The fraction of sp³-hybridized carbons (Fsp3) is 0.381. The summed E-state index contributed by atoms with van der Waals surface area (Å²) in [6, 6.07) is 16.4. The maximum absolute atomic E-state index is 13.0. The van der Waals surface area contributed by atoms with Gasteiger partial charge in [0.15, 0.2) is 0 Å². The molecule has 5 heteroatoms. The van der Waals surface area contributed by atoms with Crippen LogP contribution in [0.3, 0.4) is 0 Å². The standard InChI is InChI=1S/C21H26N4O/c1-17-8-9-19(16-20(17)23-12-10-22(2)11-13-23)25-15-14-24(21(25)26)18-6-4-3-5-7-18/h3-9,16H,10-15H2,1-2H3. The van der Waals surface area contributed by atoms with Gasteiger partial charge in [-0.05, 0) is 43.8 Å². The molecule has 5 nitrogen and oxygen atoms in total. The number of piperazine rings is 1. The van der Waals surface area contributed by atoms with Gasteiger partial charge in [-0.1, -0.05) is 24.3 Å². The quantitative estimate of drug-likeness (QED) is 0.852. The summed E-state index contributed by atoms with van der Waals surface area (Å²) < 4.78 is 0. The number of rotatable bonds is 3. The average molecular weight is 350 g/mol. The van der Waals surface area contributed by atoms with Crippen LogP contribution in [0.15, 0.2) is 48.5 Å². The first-order valence-electron chi connectivity index (χ1n) is 9.32. The lowest BCUT2D eigenvalue weighted by atomic mass is 10.1.